The van der Waals surface area contributed by atoms with Gasteiger partial charge in [0.15, 0.2) is 6.29 Å². The Bertz CT molecular complexity index is 986. The molecular weight excluding hydrogens is 300 g/mol. The van der Waals surface area contributed by atoms with Crippen molar-refractivity contribution in [2.45, 2.75) is 0 Å². The van der Waals surface area contributed by atoms with Gasteiger partial charge in [-0.2, -0.15) is 0 Å². The summed E-state index contributed by atoms with van der Waals surface area (Å²) in [7, 11) is 0. The number of benzene rings is 3. The van der Waals surface area contributed by atoms with Gasteiger partial charge in [0, 0.05) is 4.88 Å². The standard InChI is InChI=1S/C21H14OS/c22-14-18-10-9-17(23-18)11-12-21-19-7-3-1-5-15(19)13-16-6-2-4-8-20(16)21/h1-14H. The molecule has 0 aliphatic heterocycles. The SMILES string of the molecule is O=Cc1ccc(C=Cc2c3ccccc3cc3ccccc23)s1. The van der Waals surface area contributed by atoms with Gasteiger partial charge in [0.05, 0.1) is 4.88 Å². The fourth-order valence-electron chi connectivity index (χ4n) is 2.92. The van der Waals surface area contributed by atoms with Crippen LogP contribution in [0.4, 0.5) is 0 Å². The molecule has 1 heterocycles. The number of aldehydes is 1. The van der Waals surface area contributed by atoms with Gasteiger partial charge in [0.25, 0.3) is 0 Å². The van der Waals surface area contributed by atoms with E-state index in [-0.39, 0.29) is 0 Å². The molecular formula is C21H14OS. The maximum atomic E-state index is 10.8. The molecule has 0 aliphatic carbocycles. The van der Waals surface area contributed by atoms with Crippen LogP contribution in [-0.4, -0.2) is 6.29 Å². The van der Waals surface area contributed by atoms with Crippen molar-refractivity contribution in [1.82, 2.24) is 0 Å². The first kappa shape index (κ1) is 13.9. The molecule has 0 spiro atoms. The van der Waals surface area contributed by atoms with Gasteiger partial charge >= 0.3 is 0 Å². The lowest BCUT2D eigenvalue weighted by Crippen LogP contribution is -1.82. The van der Waals surface area contributed by atoms with Crippen LogP contribution in [0.1, 0.15) is 20.1 Å². The van der Waals surface area contributed by atoms with Crippen molar-refractivity contribution in [3.05, 3.63) is 82.0 Å². The molecule has 23 heavy (non-hydrogen) atoms. The van der Waals surface area contributed by atoms with E-state index in [2.05, 4.69) is 66.7 Å². The van der Waals surface area contributed by atoms with Gasteiger partial charge in [-0.25, -0.2) is 0 Å². The molecule has 0 saturated carbocycles. The third-order valence-electron chi connectivity index (χ3n) is 3.99. The first-order chi connectivity index (χ1) is 11.3. The van der Waals surface area contributed by atoms with Crippen molar-refractivity contribution in [1.29, 1.82) is 0 Å². The molecule has 0 atom stereocenters. The third kappa shape index (κ3) is 2.58. The van der Waals surface area contributed by atoms with Gasteiger partial charge in [-0.1, -0.05) is 54.6 Å². The van der Waals surface area contributed by atoms with Crippen LogP contribution in [0.15, 0.2) is 66.7 Å². The van der Waals surface area contributed by atoms with E-state index < -0.39 is 0 Å². The Morgan fingerprint density at radius 2 is 1.30 bits per heavy atom. The van der Waals surface area contributed by atoms with E-state index in [1.54, 1.807) is 0 Å². The Morgan fingerprint density at radius 1 is 0.696 bits per heavy atom. The fraction of sp³-hybridized carbons (Fsp3) is 0. The van der Waals surface area contributed by atoms with Crippen molar-refractivity contribution < 1.29 is 4.79 Å². The second-order valence-corrected chi connectivity index (χ2v) is 6.57. The summed E-state index contributed by atoms with van der Waals surface area (Å²) >= 11 is 1.51. The van der Waals surface area contributed by atoms with E-state index in [4.69, 9.17) is 0 Å². The zero-order valence-electron chi connectivity index (χ0n) is 12.4. The molecule has 0 saturated heterocycles. The quantitative estimate of drug-likeness (QED) is 0.333. The van der Waals surface area contributed by atoms with Crippen LogP contribution in [0.25, 0.3) is 33.7 Å². The number of hydrogen-bond acceptors (Lipinski definition) is 2. The highest BCUT2D eigenvalue weighted by Gasteiger charge is 2.05. The Morgan fingerprint density at radius 3 is 1.91 bits per heavy atom. The van der Waals surface area contributed by atoms with Crippen molar-refractivity contribution >= 4 is 51.3 Å². The van der Waals surface area contributed by atoms with Crippen LogP contribution < -0.4 is 0 Å². The smallest absolute Gasteiger partial charge is 0.160 e. The monoisotopic (exact) mass is 314 g/mol. The van der Waals surface area contributed by atoms with E-state index in [0.29, 0.717) is 0 Å². The Hall–Kier alpha value is -2.71. The highest BCUT2D eigenvalue weighted by Crippen LogP contribution is 2.30. The largest absolute Gasteiger partial charge is 0.297 e. The average Bonchev–Trinajstić information content (AvgIpc) is 3.06. The predicted octanol–water partition coefficient (Wildman–Crippen LogP) is 6.04. The minimum Gasteiger partial charge on any atom is -0.297 e. The molecule has 0 unspecified atom stereocenters. The first-order valence-electron chi connectivity index (χ1n) is 7.49. The van der Waals surface area contributed by atoms with Crippen LogP contribution >= 0.6 is 11.3 Å². The number of carbonyl (C=O) groups is 1. The maximum absolute atomic E-state index is 10.8. The summed E-state index contributed by atoms with van der Waals surface area (Å²) in [6, 6.07) is 23.0. The minimum absolute atomic E-state index is 0.757. The van der Waals surface area contributed by atoms with Crippen LogP contribution in [0.3, 0.4) is 0 Å². The highest BCUT2D eigenvalue weighted by atomic mass is 32.1. The second-order valence-electron chi connectivity index (χ2n) is 5.42. The molecule has 110 valence electrons. The van der Waals surface area contributed by atoms with Crippen molar-refractivity contribution in [2.24, 2.45) is 0 Å². The van der Waals surface area contributed by atoms with Gasteiger partial charge < -0.3 is 0 Å². The molecule has 1 nitrogen and oxygen atoms in total. The van der Waals surface area contributed by atoms with E-state index in [9.17, 15) is 4.79 Å². The number of carbonyl (C=O) groups excluding carboxylic acids is 1. The van der Waals surface area contributed by atoms with Crippen LogP contribution in [0.2, 0.25) is 0 Å². The Kier molecular flexibility index (Phi) is 3.52. The number of rotatable bonds is 3. The number of hydrogen-bond donors (Lipinski definition) is 0. The molecule has 0 fully saturated rings. The number of fused-ring (bicyclic) bond motifs is 2. The lowest BCUT2D eigenvalue weighted by atomic mass is 9.96. The molecule has 4 rings (SSSR count). The van der Waals surface area contributed by atoms with Crippen molar-refractivity contribution in [3.8, 4) is 0 Å². The molecule has 1 aromatic heterocycles. The summed E-state index contributed by atoms with van der Waals surface area (Å²) in [6.07, 6.45) is 5.15. The lowest BCUT2D eigenvalue weighted by molar-refractivity contribution is 0.112. The van der Waals surface area contributed by atoms with Crippen LogP contribution in [-0.2, 0) is 0 Å². The van der Waals surface area contributed by atoms with Crippen LogP contribution in [0, 0.1) is 0 Å². The van der Waals surface area contributed by atoms with Gasteiger partial charge in [0.2, 0.25) is 0 Å². The molecule has 0 aliphatic rings. The lowest BCUT2D eigenvalue weighted by Gasteiger charge is -2.08. The summed E-state index contributed by atoms with van der Waals surface area (Å²) in [6.45, 7) is 0. The molecule has 0 N–H and O–H groups in total. The van der Waals surface area contributed by atoms with Gasteiger partial charge in [-0.05, 0) is 51.4 Å². The predicted molar refractivity (Wildman–Crippen MR) is 100 cm³/mol. The average molecular weight is 314 g/mol. The molecule has 3 aromatic carbocycles. The van der Waals surface area contributed by atoms with E-state index in [0.717, 1.165) is 16.0 Å². The van der Waals surface area contributed by atoms with Crippen molar-refractivity contribution in [3.63, 3.8) is 0 Å². The normalized spacial score (nSPS) is 11.5. The maximum Gasteiger partial charge on any atom is 0.160 e. The second kappa shape index (κ2) is 5.82. The van der Waals surface area contributed by atoms with E-state index in [1.807, 2.05) is 12.1 Å². The van der Waals surface area contributed by atoms with Crippen LogP contribution in [0.5, 0.6) is 0 Å². The summed E-state index contributed by atoms with van der Waals surface area (Å²) in [5.41, 5.74) is 1.22. The third-order valence-corrected chi connectivity index (χ3v) is 4.97. The molecule has 0 radical (unpaired) electrons. The van der Waals surface area contributed by atoms with E-state index in [1.165, 1.54) is 38.4 Å². The Balaban J connectivity index is 1.93. The topological polar surface area (TPSA) is 17.1 Å². The van der Waals surface area contributed by atoms with E-state index >= 15 is 0 Å². The fourth-order valence-corrected chi connectivity index (χ4v) is 3.64. The summed E-state index contributed by atoms with van der Waals surface area (Å²) in [5.74, 6) is 0. The number of thiophene rings is 1. The van der Waals surface area contributed by atoms with Gasteiger partial charge in [-0.3, -0.25) is 4.79 Å². The zero-order valence-corrected chi connectivity index (χ0v) is 13.2. The zero-order chi connectivity index (χ0) is 15.6. The highest BCUT2D eigenvalue weighted by molar-refractivity contribution is 7.14. The Labute approximate surface area is 138 Å². The molecule has 0 bridgehead atoms. The molecule has 4 aromatic rings. The molecule has 2 heteroatoms. The first-order valence-corrected chi connectivity index (χ1v) is 8.30. The minimum atomic E-state index is 0.757. The van der Waals surface area contributed by atoms with Gasteiger partial charge in [-0.15, -0.1) is 11.3 Å². The van der Waals surface area contributed by atoms with Crippen molar-refractivity contribution in [2.75, 3.05) is 0 Å². The summed E-state index contributed by atoms with van der Waals surface area (Å²) in [4.78, 5) is 12.7. The summed E-state index contributed by atoms with van der Waals surface area (Å²) in [5, 5.41) is 4.97. The summed E-state index contributed by atoms with van der Waals surface area (Å²) < 4.78 is 0. The van der Waals surface area contributed by atoms with Gasteiger partial charge in [0.1, 0.15) is 0 Å². The molecule has 0 amide bonds.